The van der Waals surface area contributed by atoms with Gasteiger partial charge < -0.3 is 10.8 Å². The zero-order chi connectivity index (χ0) is 10.6. The SMILES string of the molecule is CC(O)CSc1ccc(CN)cc1Br. The Kier molecular flexibility index (Phi) is 4.95. The van der Waals surface area contributed by atoms with E-state index in [1.165, 1.54) is 0 Å². The van der Waals surface area contributed by atoms with E-state index in [0.29, 0.717) is 12.3 Å². The molecule has 0 saturated heterocycles. The summed E-state index contributed by atoms with van der Waals surface area (Å²) in [6.45, 7) is 2.34. The summed E-state index contributed by atoms with van der Waals surface area (Å²) in [4.78, 5) is 1.14. The van der Waals surface area contributed by atoms with Gasteiger partial charge in [-0.3, -0.25) is 0 Å². The maximum atomic E-state index is 9.15. The van der Waals surface area contributed by atoms with Gasteiger partial charge in [-0.05, 0) is 40.5 Å². The van der Waals surface area contributed by atoms with E-state index in [9.17, 15) is 0 Å². The lowest BCUT2D eigenvalue weighted by atomic mass is 10.2. The van der Waals surface area contributed by atoms with Crippen LogP contribution in [0.3, 0.4) is 0 Å². The van der Waals surface area contributed by atoms with Gasteiger partial charge in [0.15, 0.2) is 0 Å². The second-order valence-corrected chi connectivity index (χ2v) is 5.05. The lowest BCUT2D eigenvalue weighted by molar-refractivity contribution is 0.220. The number of rotatable bonds is 4. The third-order valence-corrected chi connectivity index (χ3v) is 3.95. The highest BCUT2D eigenvalue weighted by Crippen LogP contribution is 2.28. The first-order valence-electron chi connectivity index (χ1n) is 4.43. The number of hydrogen-bond donors (Lipinski definition) is 2. The van der Waals surface area contributed by atoms with E-state index < -0.39 is 0 Å². The van der Waals surface area contributed by atoms with Crippen molar-refractivity contribution in [1.82, 2.24) is 0 Å². The Hall–Kier alpha value is -0.0300. The number of hydrogen-bond acceptors (Lipinski definition) is 3. The molecule has 0 radical (unpaired) electrons. The van der Waals surface area contributed by atoms with Crippen LogP contribution in [-0.4, -0.2) is 17.0 Å². The lowest BCUT2D eigenvalue weighted by Crippen LogP contribution is -2.02. The van der Waals surface area contributed by atoms with Crippen LogP contribution >= 0.6 is 27.7 Å². The van der Waals surface area contributed by atoms with Gasteiger partial charge in [0.2, 0.25) is 0 Å². The number of aliphatic hydroxyl groups is 1. The van der Waals surface area contributed by atoms with Crippen molar-refractivity contribution < 1.29 is 5.11 Å². The molecule has 0 aliphatic carbocycles. The Morgan fingerprint density at radius 1 is 1.57 bits per heavy atom. The van der Waals surface area contributed by atoms with Crippen LogP contribution in [0.15, 0.2) is 27.6 Å². The van der Waals surface area contributed by atoms with Gasteiger partial charge in [-0.2, -0.15) is 0 Å². The van der Waals surface area contributed by atoms with E-state index in [1.54, 1.807) is 18.7 Å². The Morgan fingerprint density at radius 3 is 2.79 bits per heavy atom. The molecule has 0 aliphatic heterocycles. The highest BCUT2D eigenvalue weighted by molar-refractivity contribution is 9.10. The third kappa shape index (κ3) is 3.61. The molecule has 1 rings (SSSR count). The molecule has 1 aromatic rings. The molecule has 0 amide bonds. The molecule has 4 heteroatoms. The Bertz CT molecular complexity index is 304. The van der Waals surface area contributed by atoms with Crippen LogP contribution < -0.4 is 5.73 Å². The van der Waals surface area contributed by atoms with Crippen LogP contribution in [0, 0.1) is 0 Å². The highest BCUT2D eigenvalue weighted by Gasteiger charge is 2.03. The van der Waals surface area contributed by atoms with Gasteiger partial charge in [-0.1, -0.05) is 6.07 Å². The fraction of sp³-hybridized carbons (Fsp3) is 0.400. The largest absolute Gasteiger partial charge is 0.393 e. The summed E-state index contributed by atoms with van der Waals surface area (Å²) < 4.78 is 1.05. The quantitative estimate of drug-likeness (QED) is 0.830. The van der Waals surface area contributed by atoms with Gasteiger partial charge in [0.1, 0.15) is 0 Å². The molecule has 1 atom stereocenters. The summed E-state index contributed by atoms with van der Waals surface area (Å²) in [7, 11) is 0. The third-order valence-electron chi connectivity index (χ3n) is 1.71. The summed E-state index contributed by atoms with van der Waals surface area (Å²) in [5, 5.41) is 9.15. The summed E-state index contributed by atoms with van der Waals surface area (Å²) in [6.07, 6.45) is -0.277. The molecule has 0 saturated carbocycles. The average molecular weight is 276 g/mol. The summed E-state index contributed by atoms with van der Waals surface area (Å²) in [6, 6.07) is 6.05. The van der Waals surface area contributed by atoms with Crippen molar-refractivity contribution in [2.24, 2.45) is 5.73 Å². The van der Waals surface area contributed by atoms with Crippen molar-refractivity contribution >= 4 is 27.7 Å². The number of thioether (sulfide) groups is 1. The van der Waals surface area contributed by atoms with E-state index >= 15 is 0 Å². The normalized spacial score (nSPS) is 12.9. The van der Waals surface area contributed by atoms with Gasteiger partial charge in [0.25, 0.3) is 0 Å². The zero-order valence-corrected chi connectivity index (χ0v) is 10.4. The molecule has 78 valence electrons. The van der Waals surface area contributed by atoms with E-state index in [1.807, 2.05) is 18.2 Å². The van der Waals surface area contributed by atoms with Crippen LogP contribution in [0.2, 0.25) is 0 Å². The van der Waals surface area contributed by atoms with Gasteiger partial charge >= 0.3 is 0 Å². The minimum Gasteiger partial charge on any atom is -0.393 e. The Labute approximate surface area is 97.0 Å². The molecular formula is C10H14BrNOS. The Balaban J connectivity index is 2.69. The summed E-state index contributed by atoms with van der Waals surface area (Å²) >= 11 is 5.12. The smallest absolute Gasteiger partial charge is 0.0606 e. The van der Waals surface area contributed by atoms with Gasteiger partial charge in [-0.15, -0.1) is 11.8 Å². The van der Waals surface area contributed by atoms with Crippen molar-refractivity contribution in [1.29, 1.82) is 0 Å². The lowest BCUT2D eigenvalue weighted by Gasteiger charge is -2.07. The monoisotopic (exact) mass is 275 g/mol. The van der Waals surface area contributed by atoms with Crippen LogP contribution in [0.25, 0.3) is 0 Å². The predicted molar refractivity (Wildman–Crippen MR) is 64.4 cm³/mol. The molecule has 0 heterocycles. The van der Waals surface area contributed by atoms with E-state index in [2.05, 4.69) is 15.9 Å². The number of nitrogens with two attached hydrogens (primary N) is 1. The first kappa shape index (κ1) is 12.0. The molecule has 0 aliphatic rings. The first-order valence-corrected chi connectivity index (χ1v) is 6.20. The fourth-order valence-electron chi connectivity index (χ4n) is 0.999. The van der Waals surface area contributed by atoms with Crippen molar-refractivity contribution in [2.75, 3.05) is 5.75 Å². The maximum Gasteiger partial charge on any atom is 0.0606 e. The predicted octanol–water partition coefficient (Wildman–Crippen LogP) is 2.38. The van der Waals surface area contributed by atoms with Crippen molar-refractivity contribution in [3.05, 3.63) is 28.2 Å². The molecule has 2 nitrogen and oxygen atoms in total. The molecule has 1 aromatic carbocycles. The van der Waals surface area contributed by atoms with Crippen molar-refractivity contribution in [3.63, 3.8) is 0 Å². The molecule has 3 N–H and O–H groups in total. The minimum absolute atomic E-state index is 0.277. The molecule has 0 bridgehead atoms. The van der Waals surface area contributed by atoms with Crippen molar-refractivity contribution in [2.45, 2.75) is 24.5 Å². The Morgan fingerprint density at radius 2 is 2.29 bits per heavy atom. The molecule has 0 spiro atoms. The molecule has 0 aromatic heterocycles. The first-order chi connectivity index (χ1) is 6.63. The van der Waals surface area contributed by atoms with Gasteiger partial charge in [0.05, 0.1) is 6.10 Å². The molecular weight excluding hydrogens is 262 g/mol. The molecule has 14 heavy (non-hydrogen) atoms. The average Bonchev–Trinajstić information content (AvgIpc) is 2.15. The van der Waals surface area contributed by atoms with Gasteiger partial charge in [0, 0.05) is 21.7 Å². The number of benzene rings is 1. The van der Waals surface area contributed by atoms with Crippen LogP contribution in [0.4, 0.5) is 0 Å². The second kappa shape index (κ2) is 5.75. The number of halogens is 1. The zero-order valence-electron chi connectivity index (χ0n) is 8.03. The van der Waals surface area contributed by atoms with Crippen LogP contribution in [0.5, 0.6) is 0 Å². The maximum absolute atomic E-state index is 9.15. The topological polar surface area (TPSA) is 46.2 Å². The molecule has 0 fully saturated rings. The highest BCUT2D eigenvalue weighted by atomic mass is 79.9. The van der Waals surface area contributed by atoms with Crippen LogP contribution in [-0.2, 0) is 6.54 Å². The molecule has 1 unspecified atom stereocenters. The van der Waals surface area contributed by atoms with Gasteiger partial charge in [-0.25, -0.2) is 0 Å². The van der Waals surface area contributed by atoms with E-state index in [0.717, 1.165) is 14.9 Å². The number of aliphatic hydroxyl groups excluding tert-OH is 1. The van der Waals surface area contributed by atoms with Crippen LogP contribution in [0.1, 0.15) is 12.5 Å². The summed E-state index contributed by atoms with van der Waals surface area (Å²) in [5.41, 5.74) is 6.63. The second-order valence-electron chi connectivity index (χ2n) is 3.13. The fourth-order valence-corrected chi connectivity index (χ4v) is 2.55. The van der Waals surface area contributed by atoms with Crippen molar-refractivity contribution in [3.8, 4) is 0 Å². The summed E-state index contributed by atoms with van der Waals surface area (Å²) in [5.74, 6) is 0.709. The minimum atomic E-state index is -0.277. The van der Waals surface area contributed by atoms with E-state index in [4.69, 9.17) is 10.8 Å². The van der Waals surface area contributed by atoms with E-state index in [-0.39, 0.29) is 6.10 Å². The standard InChI is InChI=1S/C10H14BrNOS/c1-7(13)6-14-10-3-2-8(5-12)4-9(10)11/h2-4,7,13H,5-6,12H2,1H3.